The summed E-state index contributed by atoms with van der Waals surface area (Å²) in [5, 5.41) is 9.04. The number of aromatic carboxylic acids is 1. The van der Waals surface area contributed by atoms with Crippen LogP contribution in [-0.4, -0.2) is 23.2 Å². The minimum absolute atomic E-state index is 0.293. The van der Waals surface area contributed by atoms with Gasteiger partial charge in [0.2, 0.25) is 5.69 Å². The van der Waals surface area contributed by atoms with Gasteiger partial charge in [0.05, 0.1) is 6.57 Å². The van der Waals surface area contributed by atoms with Gasteiger partial charge in [0, 0.05) is 22.6 Å². The van der Waals surface area contributed by atoms with Crippen LogP contribution in [-0.2, 0) is 0 Å². The van der Waals surface area contributed by atoms with E-state index in [1.165, 1.54) is 11.3 Å². The van der Waals surface area contributed by atoms with Gasteiger partial charge in [0.1, 0.15) is 4.88 Å². The van der Waals surface area contributed by atoms with Gasteiger partial charge in [-0.3, -0.25) is 0 Å². The van der Waals surface area contributed by atoms with Crippen molar-refractivity contribution in [1.29, 1.82) is 0 Å². The molecule has 1 heterocycles. The zero-order valence-electron chi connectivity index (χ0n) is 13.7. The zero-order valence-corrected chi connectivity index (χ0v) is 14.5. The quantitative estimate of drug-likeness (QED) is 0.759. The van der Waals surface area contributed by atoms with Crippen LogP contribution in [0.1, 0.15) is 37.4 Å². The van der Waals surface area contributed by atoms with Crippen LogP contribution in [0.2, 0.25) is 0 Å². The maximum Gasteiger partial charge on any atom is 0.345 e. The summed E-state index contributed by atoms with van der Waals surface area (Å²) in [6.45, 7) is 15.9. The van der Waals surface area contributed by atoms with E-state index in [9.17, 15) is 4.79 Å². The van der Waals surface area contributed by atoms with Crippen LogP contribution in [0.3, 0.4) is 0 Å². The Bertz CT molecular complexity index is 749. The number of carboxylic acids is 1. The largest absolute Gasteiger partial charge is 0.477 e. The first-order chi connectivity index (χ1) is 10.8. The summed E-state index contributed by atoms with van der Waals surface area (Å²) in [6, 6.07) is 9.74. The molecule has 0 radical (unpaired) electrons. The van der Waals surface area contributed by atoms with Crippen molar-refractivity contribution in [3.8, 4) is 10.4 Å². The van der Waals surface area contributed by atoms with Gasteiger partial charge in [-0.05, 0) is 57.5 Å². The van der Waals surface area contributed by atoms with Gasteiger partial charge >= 0.3 is 5.97 Å². The van der Waals surface area contributed by atoms with Gasteiger partial charge in [-0.15, -0.1) is 11.3 Å². The standard InChI is InChI=1S/C18H20N2O2S/c1-11(2)20(12(3)4)15-7-6-13(10-14(15)19-5)16-8-9-17(23-16)18(21)22/h6-12H,1-4H3,(H,21,22). The fraction of sp³-hybridized carbons (Fsp3) is 0.333. The molecule has 5 heteroatoms. The number of nitrogens with zero attached hydrogens (tertiary/aromatic N) is 2. The molecule has 1 aromatic carbocycles. The number of rotatable bonds is 5. The number of hydrogen-bond acceptors (Lipinski definition) is 3. The second-order valence-corrected chi connectivity index (χ2v) is 6.96. The molecule has 1 aromatic heterocycles. The van der Waals surface area contributed by atoms with Crippen LogP contribution >= 0.6 is 11.3 Å². The first-order valence-electron chi connectivity index (χ1n) is 7.48. The maximum atomic E-state index is 11.0. The average Bonchev–Trinajstić information content (AvgIpc) is 2.97. The topological polar surface area (TPSA) is 44.9 Å². The number of benzene rings is 1. The summed E-state index contributed by atoms with van der Waals surface area (Å²) >= 11 is 1.22. The molecule has 0 fully saturated rings. The highest BCUT2D eigenvalue weighted by Crippen LogP contribution is 2.37. The highest BCUT2D eigenvalue weighted by molar-refractivity contribution is 7.17. The van der Waals surface area contributed by atoms with Crippen molar-refractivity contribution in [2.75, 3.05) is 4.90 Å². The Balaban J connectivity index is 2.47. The van der Waals surface area contributed by atoms with E-state index in [2.05, 4.69) is 37.4 Å². The van der Waals surface area contributed by atoms with E-state index in [1.807, 2.05) is 18.2 Å². The summed E-state index contributed by atoms with van der Waals surface area (Å²) in [5.41, 5.74) is 2.39. The Morgan fingerprint density at radius 1 is 1.17 bits per heavy atom. The van der Waals surface area contributed by atoms with E-state index < -0.39 is 5.97 Å². The predicted molar refractivity (Wildman–Crippen MR) is 95.7 cm³/mol. The molecular weight excluding hydrogens is 308 g/mol. The van der Waals surface area contributed by atoms with Crippen molar-refractivity contribution in [2.24, 2.45) is 0 Å². The molecule has 0 bridgehead atoms. The van der Waals surface area contributed by atoms with E-state index in [4.69, 9.17) is 11.7 Å². The molecule has 0 aliphatic rings. The molecule has 4 nitrogen and oxygen atoms in total. The minimum atomic E-state index is -0.922. The molecule has 1 N–H and O–H groups in total. The Morgan fingerprint density at radius 2 is 1.83 bits per heavy atom. The van der Waals surface area contributed by atoms with Crippen LogP contribution in [0.4, 0.5) is 11.4 Å². The fourth-order valence-corrected chi connectivity index (χ4v) is 3.59. The molecule has 23 heavy (non-hydrogen) atoms. The predicted octanol–water partition coefficient (Wildman–Crippen LogP) is 5.29. The zero-order chi connectivity index (χ0) is 17.1. The monoisotopic (exact) mass is 328 g/mol. The van der Waals surface area contributed by atoms with Gasteiger partial charge in [0.25, 0.3) is 0 Å². The van der Waals surface area contributed by atoms with Crippen molar-refractivity contribution >= 4 is 28.7 Å². The lowest BCUT2D eigenvalue weighted by Crippen LogP contribution is -2.36. The lowest BCUT2D eigenvalue weighted by atomic mass is 10.1. The Kier molecular flexibility index (Phi) is 5.07. The van der Waals surface area contributed by atoms with Crippen LogP contribution in [0.25, 0.3) is 15.3 Å². The molecule has 0 spiro atoms. The van der Waals surface area contributed by atoms with Gasteiger partial charge < -0.3 is 10.0 Å². The molecule has 0 saturated carbocycles. The summed E-state index contributed by atoms with van der Waals surface area (Å²) in [6.07, 6.45) is 0. The second-order valence-electron chi connectivity index (χ2n) is 5.88. The first-order valence-corrected chi connectivity index (χ1v) is 8.30. The van der Waals surface area contributed by atoms with Gasteiger partial charge in [-0.25, -0.2) is 9.64 Å². The Hall–Kier alpha value is -2.32. The van der Waals surface area contributed by atoms with Gasteiger partial charge in [-0.1, -0.05) is 6.07 Å². The third-order valence-corrected chi connectivity index (χ3v) is 4.71. The molecule has 0 atom stereocenters. The number of carboxylic acid groups (broad SMARTS) is 1. The van der Waals surface area contributed by atoms with E-state index in [0.717, 1.165) is 16.1 Å². The highest BCUT2D eigenvalue weighted by Gasteiger charge is 2.18. The van der Waals surface area contributed by atoms with Crippen LogP contribution in [0, 0.1) is 6.57 Å². The van der Waals surface area contributed by atoms with Crippen molar-refractivity contribution in [3.05, 3.63) is 46.6 Å². The maximum absolute atomic E-state index is 11.0. The molecular formula is C18H20N2O2S. The van der Waals surface area contributed by atoms with E-state index in [1.54, 1.807) is 12.1 Å². The van der Waals surface area contributed by atoms with Crippen molar-refractivity contribution in [3.63, 3.8) is 0 Å². The number of hydrogen-bond donors (Lipinski definition) is 1. The van der Waals surface area contributed by atoms with Crippen molar-refractivity contribution in [2.45, 2.75) is 39.8 Å². The molecule has 2 rings (SSSR count). The molecule has 0 unspecified atom stereocenters. The van der Waals surface area contributed by atoms with Crippen molar-refractivity contribution in [1.82, 2.24) is 0 Å². The van der Waals surface area contributed by atoms with E-state index in [0.29, 0.717) is 22.6 Å². The first kappa shape index (κ1) is 17.0. The minimum Gasteiger partial charge on any atom is -0.477 e. The Morgan fingerprint density at radius 3 is 2.30 bits per heavy atom. The highest BCUT2D eigenvalue weighted by atomic mass is 32.1. The lowest BCUT2D eigenvalue weighted by Gasteiger charge is -2.34. The molecule has 2 aromatic rings. The second kappa shape index (κ2) is 6.84. The molecule has 0 amide bonds. The summed E-state index contributed by atoms with van der Waals surface area (Å²) in [4.78, 5) is 18.1. The average molecular weight is 328 g/mol. The molecule has 120 valence electrons. The Labute approximate surface area is 140 Å². The summed E-state index contributed by atoms with van der Waals surface area (Å²) in [5.74, 6) is -0.922. The van der Waals surface area contributed by atoms with E-state index in [-0.39, 0.29) is 0 Å². The smallest absolute Gasteiger partial charge is 0.345 e. The summed E-state index contributed by atoms with van der Waals surface area (Å²) in [7, 11) is 0. The van der Waals surface area contributed by atoms with E-state index >= 15 is 0 Å². The fourth-order valence-electron chi connectivity index (χ4n) is 2.75. The summed E-state index contributed by atoms with van der Waals surface area (Å²) < 4.78 is 0. The van der Waals surface area contributed by atoms with Gasteiger partial charge in [-0.2, -0.15) is 0 Å². The number of thiophene rings is 1. The number of carbonyl (C=O) groups is 1. The number of anilines is 1. The SMILES string of the molecule is [C-]#[N+]c1cc(-c2ccc(C(=O)O)s2)ccc1N(C(C)C)C(C)C. The van der Waals surface area contributed by atoms with Gasteiger partial charge in [0.15, 0.2) is 0 Å². The van der Waals surface area contributed by atoms with Crippen LogP contribution in [0.5, 0.6) is 0 Å². The molecule has 0 saturated heterocycles. The third kappa shape index (κ3) is 3.54. The van der Waals surface area contributed by atoms with Crippen LogP contribution in [0.15, 0.2) is 30.3 Å². The molecule has 0 aliphatic carbocycles. The van der Waals surface area contributed by atoms with Crippen molar-refractivity contribution < 1.29 is 9.90 Å². The third-order valence-electron chi connectivity index (χ3n) is 3.59. The molecule has 0 aliphatic heterocycles. The normalized spacial score (nSPS) is 10.8. The lowest BCUT2D eigenvalue weighted by molar-refractivity contribution is 0.0702. The van der Waals surface area contributed by atoms with Crippen LogP contribution < -0.4 is 4.90 Å².